The molecule has 2 rings (SSSR count). The van der Waals surface area contributed by atoms with E-state index in [0.717, 1.165) is 23.6 Å². The maximum absolute atomic E-state index is 5.46. The lowest BCUT2D eigenvalue weighted by molar-refractivity contribution is 0.503. The van der Waals surface area contributed by atoms with Gasteiger partial charge in [0, 0.05) is 6.42 Å². The zero-order valence-corrected chi connectivity index (χ0v) is 8.17. The van der Waals surface area contributed by atoms with Crippen LogP contribution in [0, 0.1) is 0 Å². The largest absolute Gasteiger partial charge is 0.420 e. The normalized spacial score (nSPS) is 10.5. The molecule has 0 amide bonds. The molecule has 13 heavy (non-hydrogen) atoms. The van der Waals surface area contributed by atoms with Crippen molar-refractivity contribution in [2.24, 2.45) is 0 Å². The Labute approximate surface area is 80.4 Å². The maximum atomic E-state index is 5.46. The molecule has 3 nitrogen and oxygen atoms in total. The molecule has 2 aromatic heterocycles. The lowest BCUT2D eigenvalue weighted by Crippen LogP contribution is -1.80. The van der Waals surface area contributed by atoms with Gasteiger partial charge in [-0.3, -0.25) is 0 Å². The summed E-state index contributed by atoms with van der Waals surface area (Å²) in [5.74, 6) is 1.37. The second-order valence-electron chi connectivity index (χ2n) is 2.73. The van der Waals surface area contributed by atoms with Crippen LogP contribution in [-0.2, 0) is 6.42 Å². The van der Waals surface area contributed by atoms with Crippen LogP contribution in [0.5, 0.6) is 0 Å². The molecule has 0 saturated heterocycles. The van der Waals surface area contributed by atoms with Crippen molar-refractivity contribution in [3.63, 3.8) is 0 Å². The molecule has 2 aromatic rings. The van der Waals surface area contributed by atoms with E-state index in [0.29, 0.717) is 5.89 Å². The molecule has 0 bridgehead atoms. The van der Waals surface area contributed by atoms with Crippen molar-refractivity contribution in [1.82, 2.24) is 10.2 Å². The summed E-state index contributed by atoms with van der Waals surface area (Å²) < 4.78 is 5.46. The smallest absolute Gasteiger partial charge is 0.257 e. The first-order chi connectivity index (χ1) is 6.40. The van der Waals surface area contributed by atoms with Crippen molar-refractivity contribution >= 4 is 11.3 Å². The van der Waals surface area contributed by atoms with Gasteiger partial charge >= 0.3 is 0 Å². The van der Waals surface area contributed by atoms with E-state index in [4.69, 9.17) is 4.42 Å². The Hall–Kier alpha value is -1.16. The summed E-state index contributed by atoms with van der Waals surface area (Å²) in [5, 5.41) is 9.92. The van der Waals surface area contributed by atoms with Gasteiger partial charge in [-0.05, 0) is 17.9 Å². The fourth-order valence-electron chi connectivity index (χ4n) is 1.07. The van der Waals surface area contributed by atoms with Crippen molar-refractivity contribution in [2.45, 2.75) is 19.8 Å². The summed E-state index contributed by atoms with van der Waals surface area (Å²) >= 11 is 1.61. The van der Waals surface area contributed by atoms with Crippen LogP contribution in [0.15, 0.2) is 21.9 Å². The minimum Gasteiger partial charge on any atom is -0.420 e. The van der Waals surface area contributed by atoms with Gasteiger partial charge in [0.1, 0.15) is 0 Å². The minimum atomic E-state index is 0.637. The molecule has 0 spiro atoms. The average molecular weight is 194 g/mol. The number of aryl methyl sites for hydroxylation is 1. The maximum Gasteiger partial charge on any atom is 0.257 e. The molecule has 0 unspecified atom stereocenters. The summed E-state index contributed by atoms with van der Waals surface area (Å²) in [6.45, 7) is 2.09. The van der Waals surface area contributed by atoms with E-state index < -0.39 is 0 Å². The highest BCUT2D eigenvalue weighted by Crippen LogP contribution is 2.22. The van der Waals surface area contributed by atoms with E-state index in [1.54, 1.807) is 11.3 Å². The molecule has 0 aliphatic heterocycles. The lowest BCUT2D eigenvalue weighted by Gasteiger charge is -1.86. The minimum absolute atomic E-state index is 0.637. The molecule has 0 aliphatic rings. The molecule has 0 saturated carbocycles. The van der Waals surface area contributed by atoms with Gasteiger partial charge in [0.25, 0.3) is 5.89 Å². The van der Waals surface area contributed by atoms with E-state index in [2.05, 4.69) is 17.1 Å². The zero-order valence-electron chi connectivity index (χ0n) is 7.36. The van der Waals surface area contributed by atoms with Crippen molar-refractivity contribution in [1.29, 1.82) is 0 Å². The molecule has 2 heterocycles. The van der Waals surface area contributed by atoms with Crippen molar-refractivity contribution in [3.8, 4) is 10.8 Å². The van der Waals surface area contributed by atoms with E-state index in [1.807, 2.05) is 17.5 Å². The summed E-state index contributed by atoms with van der Waals surface area (Å²) in [5.41, 5.74) is 0. The highest BCUT2D eigenvalue weighted by Gasteiger charge is 2.07. The zero-order chi connectivity index (χ0) is 9.10. The Morgan fingerprint density at radius 2 is 2.38 bits per heavy atom. The summed E-state index contributed by atoms with van der Waals surface area (Å²) in [6, 6.07) is 3.96. The molecule has 0 N–H and O–H groups in total. The predicted octanol–water partition coefficient (Wildman–Crippen LogP) is 2.75. The van der Waals surface area contributed by atoms with Crippen LogP contribution in [0.25, 0.3) is 10.8 Å². The first kappa shape index (κ1) is 8.44. The fraction of sp³-hybridized carbons (Fsp3) is 0.333. The fourth-order valence-corrected chi connectivity index (χ4v) is 1.71. The molecule has 0 atom stereocenters. The van der Waals surface area contributed by atoms with Gasteiger partial charge in [-0.15, -0.1) is 21.5 Å². The van der Waals surface area contributed by atoms with Crippen LogP contribution < -0.4 is 0 Å². The van der Waals surface area contributed by atoms with E-state index >= 15 is 0 Å². The molecule has 4 heteroatoms. The van der Waals surface area contributed by atoms with E-state index in [9.17, 15) is 0 Å². The van der Waals surface area contributed by atoms with Crippen molar-refractivity contribution in [2.75, 3.05) is 0 Å². The second kappa shape index (κ2) is 3.70. The number of hydrogen-bond donors (Lipinski definition) is 0. The first-order valence-electron chi connectivity index (χ1n) is 4.26. The van der Waals surface area contributed by atoms with Crippen molar-refractivity contribution < 1.29 is 4.42 Å². The number of aromatic nitrogens is 2. The third-order valence-corrected chi connectivity index (χ3v) is 2.52. The van der Waals surface area contributed by atoms with Crippen LogP contribution in [0.1, 0.15) is 19.2 Å². The van der Waals surface area contributed by atoms with Gasteiger partial charge in [-0.2, -0.15) is 0 Å². The van der Waals surface area contributed by atoms with Gasteiger partial charge in [0.15, 0.2) is 0 Å². The van der Waals surface area contributed by atoms with Crippen LogP contribution in [0.4, 0.5) is 0 Å². The van der Waals surface area contributed by atoms with Crippen LogP contribution in [0.3, 0.4) is 0 Å². The third kappa shape index (κ3) is 1.78. The standard InChI is InChI=1S/C9H10N2OS/c1-2-4-8-10-11-9(12-8)7-5-3-6-13-7/h3,5-6H,2,4H2,1H3. The molecule has 0 aliphatic carbocycles. The Bertz CT molecular complexity index is 367. The topological polar surface area (TPSA) is 38.9 Å². The second-order valence-corrected chi connectivity index (χ2v) is 3.68. The van der Waals surface area contributed by atoms with Crippen LogP contribution in [0.2, 0.25) is 0 Å². The molecular formula is C9H10N2OS. The predicted molar refractivity (Wildman–Crippen MR) is 51.6 cm³/mol. The number of rotatable bonds is 3. The highest BCUT2D eigenvalue weighted by atomic mass is 32.1. The van der Waals surface area contributed by atoms with Gasteiger partial charge in [0.05, 0.1) is 4.88 Å². The quantitative estimate of drug-likeness (QED) is 0.754. The molecule has 0 radical (unpaired) electrons. The Kier molecular flexibility index (Phi) is 2.40. The first-order valence-corrected chi connectivity index (χ1v) is 5.14. The molecule has 0 fully saturated rings. The Morgan fingerprint density at radius 1 is 1.46 bits per heavy atom. The number of nitrogens with zero attached hydrogens (tertiary/aromatic N) is 2. The Balaban J connectivity index is 2.23. The van der Waals surface area contributed by atoms with E-state index in [-0.39, 0.29) is 0 Å². The third-order valence-electron chi connectivity index (χ3n) is 1.66. The number of thiophene rings is 1. The van der Waals surface area contributed by atoms with Gasteiger partial charge < -0.3 is 4.42 Å². The molecule has 0 aromatic carbocycles. The van der Waals surface area contributed by atoms with Crippen LogP contribution in [-0.4, -0.2) is 10.2 Å². The van der Waals surface area contributed by atoms with Gasteiger partial charge in [-0.25, -0.2) is 0 Å². The molecular weight excluding hydrogens is 184 g/mol. The summed E-state index contributed by atoms with van der Waals surface area (Å²) in [6.07, 6.45) is 1.89. The van der Waals surface area contributed by atoms with Gasteiger partial charge in [0.2, 0.25) is 5.89 Å². The van der Waals surface area contributed by atoms with E-state index in [1.165, 1.54) is 0 Å². The average Bonchev–Trinajstić information content (AvgIpc) is 2.70. The summed E-state index contributed by atoms with van der Waals surface area (Å²) in [7, 11) is 0. The lowest BCUT2D eigenvalue weighted by atomic mass is 10.3. The monoisotopic (exact) mass is 194 g/mol. The van der Waals surface area contributed by atoms with Crippen LogP contribution >= 0.6 is 11.3 Å². The van der Waals surface area contributed by atoms with Gasteiger partial charge in [-0.1, -0.05) is 13.0 Å². The van der Waals surface area contributed by atoms with Crippen molar-refractivity contribution in [3.05, 3.63) is 23.4 Å². The highest BCUT2D eigenvalue weighted by molar-refractivity contribution is 7.13. The SMILES string of the molecule is CCCc1nnc(-c2cccs2)o1. The molecule has 68 valence electrons. The summed E-state index contributed by atoms with van der Waals surface area (Å²) in [4.78, 5) is 1.04. The number of hydrogen-bond acceptors (Lipinski definition) is 4. The Morgan fingerprint density at radius 3 is 3.08 bits per heavy atom.